The number of benzene rings is 2. The molecule has 2 fully saturated rings. The van der Waals surface area contributed by atoms with Gasteiger partial charge in [-0.05, 0) is 36.6 Å². The lowest BCUT2D eigenvalue weighted by Gasteiger charge is -2.35. The van der Waals surface area contributed by atoms with Gasteiger partial charge in [0.1, 0.15) is 5.60 Å². The van der Waals surface area contributed by atoms with Gasteiger partial charge in [0.25, 0.3) is 11.8 Å². The summed E-state index contributed by atoms with van der Waals surface area (Å²) < 4.78 is 1.77. The fraction of sp³-hybridized carbons (Fsp3) is 0.348. The number of halogens is 1. The van der Waals surface area contributed by atoms with Crippen molar-refractivity contribution in [1.29, 1.82) is 0 Å². The van der Waals surface area contributed by atoms with E-state index in [9.17, 15) is 14.7 Å². The zero-order valence-electron chi connectivity index (χ0n) is 17.2. The third-order valence-electron chi connectivity index (χ3n) is 6.12. The normalized spacial score (nSPS) is 17.8. The van der Waals surface area contributed by atoms with Crippen molar-refractivity contribution < 1.29 is 14.7 Å². The second-order valence-corrected chi connectivity index (χ2v) is 8.79. The predicted octanol–water partition coefficient (Wildman–Crippen LogP) is 2.70. The van der Waals surface area contributed by atoms with Gasteiger partial charge < -0.3 is 14.9 Å². The van der Waals surface area contributed by atoms with Gasteiger partial charge >= 0.3 is 0 Å². The van der Waals surface area contributed by atoms with Crippen LogP contribution in [0.5, 0.6) is 0 Å². The Hall–Kier alpha value is -2.90. The second-order valence-electron chi connectivity index (χ2n) is 8.39. The summed E-state index contributed by atoms with van der Waals surface area (Å²) in [6, 6.07) is 11.3. The number of hydrogen-bond donors (Lipinski definition) is 1. The van der Waals surface area contributed by atoms with Crippen LogP contribution in [0.4, 0.5) is 0 Å². The molecule has 31 heavy (non-hydrogen) atoms. The minimum absolute atomic E-state index is 0.106. The minimum Gasteiger partial charge on any atom is -0.380 e. The van der Waals surface area contributed by atoms with Crippen molar-refractivity contribution in [3.8, 4) is 11.1 Å². The van der Waals surface area contributed by atoms with Gasteiger partial charge in [-0.2, -0.15) is 5.10 Å². The maximum atomic E-state index is 13.0. The molecule has 0 unspecified atom stereocenters. The lowest BCUT2D eigenvalue weighted by atomic mass is 10.0. The highest BCUT2D eigenvalue weighted by atomic mass is 35.5. The SMILES string of the molecule is Cn1cc2ccc(-c3ccc(C(=O)N4CCN(C(=O)C5(O)CC5)CC4)cc3Cl)cc2n1. The number of aliphatic hydroxyl groups is 1. The summed E-state index contributed by atoms with van der Waals surface area (Å²) in [4.78, 5) is 28.6. The molecule has 1 N–H and O–H groups in total. The number of carbonyl (C=O) groups excluding carboxylic acids is 2. The molecule has 1 aromatic heterocycles. The van der Waals surface area contributed by atoms with Crippen molar-refractivity contribution in [2.24, 2.45) is 7.05 Å². The highest BCUT2D eigenvalue weighted by Crippen LogP contribution is 2.37. The summed E-state index contributed by atoms with van der Waals surface area (Å²) in [5.74, 6) is -0.317. The molecule has 2 heterocycles. The molecule has 7 nitrogen and oxygen atoms in total. The molecule has 2 aromatic carbocycles. The molecular weight excluding hydrogens is 416 g/mol. The second kappa shape index (κ2) is 7.35. The number of aryl methyl sites for hydroxylation is 1. The van der Waals surface area contributed by atoms with Crippen molar-refractivity contribution in [2.75, 3.05) is 26.2 Å². The number of nitrogens with zero attached hydrogens (tertiary/aromatic N) is 4. The third kappa shape index (κ3) is 3.68. The minimum atomic E-state index is -1.16. The number of rotatable bonds is 3. The average Bonchev–Trinajstić information content (AvgIpc) is 3.41. The molecule has 0 bridgehead atoms. The predicted molar refractivity (Wildman–Crippen MR) is 118 cm³/mol. The first-order valence-electron chi connectivity index (χ1n) is 10.4. The molecule has 8 heteroatoms. The van der Waals surface area contributed by atoms with Gasteiger partial charge in [0, 0.05) is 61.0 Å². The molecule has 0 spiro atoms. The van der Waals surface area contributed by atoms with Crippen LogP contribution in [0, 0.1) is 0 Å². The fourth-order valence-corrected chi connectivity index (χ4v) is 4.40. The molecule has 3 aromatic rings. The van der Waals surface area contributed by atoms with Crippen LogP contribution in [0.3, 0.4) is 0 Å². The van der Waals surface area contributed by atoms with E-state index in [-0.39, 0.29) is 11.8 Å². The van der Waals surface area contributed by atoms with Crippen molar-refractivity contribution in [2.45, 2.75) is 18.4 Å². The summed E-state index contributed by atoms with van der Waals surface area (Å²) in [6.45, 7) is 1.75. The molecule has 1 aliphatic heterocycles. The Kier molecular flexibility index (Phi) is 4.75. The zero-order chi connectivity index (χ0) is 21.8. The number of carbonyl (C=O) groups is 2. The van der Waals surface area contributed by atoms with Crippen LogP contribution in [0.25, 0.3) is 22.0 Å². The summed E-state index contributed by atoms with van der Waals surface area (Å²) in [7, 11) is 1.89. The Bertz CT molecular complexity index is 1190. The monoisotopic (exact) mass is 438 g/mol. The molecule has 2 amide bonds. The maximum Gasteiger partial charge on any atom is 0.254 e. The molecular formula is C23H23ClN4O3. The molecule has 1 aliphatic carbocycles. The number of hydrogen-bond acceptors (Lipinski definition) is 4. The molecule has 1 saturated heterocycles. The van der Waals surface area contributed by atoms with Gasteiger partial charge in [0.15, 0.2) is 0 Å². The molecule has 5 rings (SSSR count). The van der Waals surface area contributed by atoms with E-state index in [0.29, 0.717) is 49.6 Å². The van der Waals surface area contributed by atoms with E-state index in [1.54, 1.807) is 26.6 Å². The Morgan fingerprint density at radius 2 is 1.74 bits per heavy atom. The van der Waals surface area contributed by atoms with Gasteiger partial charge in [-0.15, -0.1) is 0 Å². The van der Waals surface area contributed by atoms with Crippen LogP contribution >= 0.6 is 11.6 Å². The topological polar surface area (TPSA) is 78.7 Å². The average molecular weight is 439 g/mol. The molecule has 0 atom stereocenters. The van der Waals surface area contributed by atoms with Crippen LogP contribution < -0.4 is 0 Å². The quantitative estimate of drug-likeness (QED) is 0.682. The number of amides is 2. The van der Waals surface area contributed by atoms with Crippen LogP contribution in [0.2, 0.25) is 5.02 Å². The van der Waals surface area contributed by atoms with Crippen LogP contribution in [-0.4, -0.2) is 68.3 Å². The highest BCUT2D eigenvalue weighted by molar-refractivity contribution is 6.33. The van der Waals surface area contributed by atoms with Crippen LogP contribution in [0.15, 0.2) is 42.6 Å². The summed E-state index contributed by atoms with van der Waals surface area (Å²) in [6.07, 6.45) is 3.02. The number of fused-ring (bicyclic) bond motifs is 1. The van der Waals surface area contributed by atoms with Crippen molar-refractivity contribution >= 4 is 34.3 Å². The maximum absolute atomic E-state index is 13.0. The smallest absolute Gasteiger partial charge is 0.254 e. The Labute approximate surface area is 184 Å². The van der Waals surface area contributed by atoms with Gasteiger partial charge in [-0.3, -0.25) is 14.3 Å². The van der Waals surface area contributed by atoms with Crippen LogP contribution in [0.1, 0.15) is 23.2 Å². The Balaban J connectivity index is 1.30. The van der Waals surface area contributed by atoms with Crippen molar-refractivity contribution in [3.05, 3.63) is 53.2 Å². The van der Waals surface area contributed by atoms with E-state index >= 15 is 0 Å². The third-order valence-corrected chi connectivity index (χ3v) is 6.44. The van der Waals surface area contributed by atoms with Gasteiger partial charge in [0.05, 0.1) is 5.52 Å². The molecule has 160 valence electrons. The van der Waals surface area contributed by atoms with Gasteiger partial charge in [-0.1, -0.05) is 29.8 Å². The molecule has 0 radical (unpaired) electrons. The van der Waals surface area contributed by atoms with Crippen molar-refractivity contribution in [1.82, 2.24) is 19.6 Å². The standard InChI is InChI=1S/C23H23ClN4O3/c1-26-14-17-3-2-15(13-20(17)25-26)18-5-4-16(12-19(18)24)21(29)27-8-10-28(11-9-27)22(30)23(31)6-7-23/h2-5,12-14,31H,6-11H2,1H3. The first-order valence-corrected chi connectivity index (χ1v) is 10.8. The number of aromatic nitrogens is 2. The highest BCUT2D eigenvalue weighted by Gasteiger charge is 2.50. The largest absolute Gasteiger partial charge is 0.380 e. The van der Waals surface area contributed by atoms with Crippen molar-refractivity contribution in [3.63, 3.8) is 0 Å². The lowest BCUT2D eigenvalue weighted by molar-refractivity contribution is -0.143. The van der Waals surface area contributed by atoms with Gasteiger partial charge in [0.2, 0.25) is 0 Å². The molecule has 2 aliphatic rings. The van der Waals surface area contributed by atoms with E-state index in [1.165, 1.54) is 0 Å². The summed E-state index contributed by atoms with van der Waals surface area (Å²) in [5, 5.41) is 16.0. The number of piperazine rings is 1. The first kappa shape index (κ1) is 20.0. The van der Waals surface area contributed by atoms with E-state index < -0.39 is 5.60 Å². The van der Waals surface area contributed by atoms with Crippen LogP contribution in [-0.2, 0) is 11.8 Å². The van der Waals surface area contributed by atoms with E-state index in [1.807, 2.05) is 37.5 Å². The van der Waals surface area contributed by atoms with Gasteiger partial charge in [-0.25, -0.2) is 0 Å². The lowest BCUT2D eigenvalue weighted by Crippen LogP contribution is -2.53. The van der Waals surface area contributed by atoms with E-state index in [4.69, 9.17) is 11.6 Å². The molecule has 1 saturated carbocycles. The van der Waals surface area contributed by atoms with E-state index in [0.717, 1.165) is 22.0 Å². The fourth-order valence-electron chi connectivity index (χ4n) is 4.11. The Morgan fingerprint density at radius 1 is 1.03 bits per heavy atom. The summed E-state index contributed by atoms with van der Waals surface area (Å²) in [5.41, 5.74) is 2.04. The Morgan fingerprint density at radius 3 is 2.42 bits per heavy atom. The van der Waals surface area contributed by atoms with E-state index in [2.05, 4.69) is 5.10 Å². The first-order chi connectivity index (χ1) is 14.8. The summed E-state index contributed by atoms with van der Waals surface area (Å²) >= 11 is 6.55. The zero-order valence-corrected chi connectivity index (χ0v) is 18.0.